The van der Waals surface area contributed by atoms with Gasteiger partial charge < -0.3 is 15.0 Å². The number of rotatable bonds is 2. The zero-order chi connectivity index (χ0) is 22.9. The Hall–Kier alpha value is -3.52. The van der Waals surface area contributed by atoms with Crippen LogP contribution in [0.5, 0.6) is 0 Å². The molecule has 2 aromatic heterocycles. The van der Waals surface area contributed by atoms with Crippen molar-refractivity contribution in [2.75, 3.05) is 11.4 Å². The van der Waals surface area contributed by atoms with Gasteiger partial charge in [-0.15, -0.1) is 0 Å². The molecule has 1 aliphatic carbocycles. The maximum atomic E-state index is 13.6. The summed E-state index contributed by atoms with van der Waals surface area (Å²) in [5.74, 6) is 0.0634. The number of aliphatic hydroxyl groups is 1. The number of nitrogens with one attached hydrogen (secondary N) is 1. The zero-order valence-electron chi connectivity index (χ0n) is 18.1. The number of aromatic amines is 1. The number of aromatic nitrogens is 3. The molecule has 0 radical (unpaired) electrons. The van der Waals surface area contributed by atoms with E-state index in [1.54, 1.807) is 23.2 Å². The monoisotopic (exact) mass is 446 g/mol. The number of fused-ring (bicyclic) bond motifs is 4. The smallest absolute Gasteiger partial charge is 0.274 e. The lowest BCUT2D eigenvalue weighted by Crippen LogP contribution is -2.29. The van der Waals surface area contributed by atoms with E-state index in [0.717, 1.165) is 41.6 Å². The Bertz CT molecular complexity index is 1510. The van der Waals surface area contributed by atoms with Crippen molar-refractivity contribution in [3.63, 3.8) is 0 Å². The van der Waals surface area contributed by atoms with Gasteiger partial charge in [0.05, 0.1) is 23.3 Å². The van der Waals surface area contributed by atoms with E-state index in [2.05, 4.69) is 9.97 Å². The molecule has 2 N–H and O–H groups in total. The second-order valence-electron chi connectivity index (χ2n) is 9.06. The quantitative estimate of drug-likeness (QED) is 0.494. The van der Waals surface area contributed by atoms with Crippen LogP contribution in [0, 0.1) is 12.7 Å². The molecule has 0 spiro atoms. The first kappa shape index (κ1) is 20.1. The van der Waals surface area contributed by atoms with Gasteiger partial charge in [-0.1, -0.05) is 6.42 Å². The molecule has 1 amide bonds. The van der Waals surface area contributed by atoms with Gasteiger partial charge in [0.1, 0.15) is 17.2 Å². The minimum absolute atomic E-state index is 0.124. The number of anilines is 1. The fraction of sp³-hybridized carbons (Fsp3) is 0.320. The van der Waals surface area contributed by atoms with E-state index in [4.69, 9.17) is 0 Å². The highest BCUT2D eigenvalue weighted by atomic mass is 19.1. The highest BCUT2D eigenvalue weighted by molar-refractivity contribution is 6.09. The maximum absolute atomic E-state index is 13.6. The summed E-state index contributed by atoms with van der Waals surface area (Å²) in [6.45, 7) is 2.35. The van der Waals surface area contributed by atoms with E-state index < -0.39 is 6.10 Å². The maximum Gasteiger partial charge on any atom is 0.274 e. The van der Waals surface area contributed by atoms with Crippen molar-refractivity contribution >= 4 is 28.1 Å². The molecule has 33 heavy (non-hydrogen) atoms. The number of carbonyl (C=O) groups is 1. The highest BCUT2D eigenvalue weighted by Gasteiger charge is 2.31. The molecule has 4 aromatic rings. The normalized spacial score (nSPS) is 20.2. The fourth-order valence-corrected chi connectivity index (χ4v) is 5.40. The molecule has 0 bridgehead atoms. The Morgan fingerprint density at radius 3 is 2.85 bits per heavy atom. The highest BCUT2D eigenvalue weighted by Crippen LogP contribution is 2.35. The molecule has 2 atom stereocenters. The standard InChI is InChI=1S/C25H23FN4O3/c1-13-9-20-18(11-17(13)25(33)29-8-7-14-10-15(26)5-6-19(14)29)28-24(32)21-12-27-23(30(20)21)16-3-2-4-22(16)31/h5-6,9-12,16,22,31H,2-4,7-8H2,1H3,(H,28,32)/t16-,22-/m0/s1. The van der Waals surface area contributed by atoms with Gasteiger partial charge in [-0.3, -0.25) is 14.0 Å². The van der Waals surface area contributed by atoms with Crippen LogP contribution >= 0.6 is 0 Å². The van der Waals surface area contributed by atoms with Crippen LogP contribution in [-0.2, 0) is 6.42 Å². The van der Waals surface area contributed by atoms with Crippen LogP contribution in [0.1, 0.15) is 52.5 Å². The number of imidazole rings is 1. The van der Waals surface area contributed by atoms with E-state index in [-0.39, 0.29) is 23.2 Å². The summed E-state index contributed by atoms with van der Waals surface area (Å²) in [5, 5.41) is 10.4. The molecule has 1 aliphatic heterocycles. The number of aryl methyl sites for hydroxylation is 1. The van der Waals surface area contributed by atoms with Crippen molar-refractivity contribution in [1.29, 1.82) is 0 Å². The lowest BCUT2D eigenvalue weighted by molar-refractivity contribution is 0.0989. The molecule has 6 rings (SSSR count). The third kappa shape index (κ3) is 3.01. The van der Waals surface area contributed by atoms with Crippen molar-refractivity contribution in [2.24, 2.45) is 0 Å². The van der Waals surface area contributed by atoms with Crippen LogP contribution in [0.2, 0.25) is 0 Å². The fourth-order valence-electron chi connectivity index (χ4n) is 5.40. The number of H-pyrrole nitrogens is 1. The number of benzene rings is 2. The van der Waals surface area contributed by atoms with Crippen molar-refractivity contribution in [1.82, 2.24) is 14.4 Å². The van der Waals surface area contributed by atoms with Crippen LogP contribution < -0.4 is 10.5 Å². The number of halogens is 1. The largest absolute Gasteiger partial charge is 0.392 e. The second-order valence-corrected chi connectivity index (χ2v) is 9.06. The molecule has 1 saturated carbocycles. The minimum Gasteiger partial charge on any atom is -0.392 e. The molecular weight excluding hydrogens is 423 g/mol. The van der Waals surface area contributed by atoms with Crippen LogP contribution in [0.4, 0.5) is 10.1 Å². The predicted molar refractivity (Wildman–Crippen MR) is 122 cm³/mol. The number of nitrogens with zero attached hydrogens (tertiary/aromatic N) is 3. The molecular formula is C25H23FN4O3. The molecule has 0 unspecified atom stereocenters. The Kier molecular flexibility index (Phi) is 4.42. The average molecular weight is 446 g/mol. The summed E-state index contributed by atoms with van der Waals surface area (Å²) >= 11 is 0. The van der Waals surface area contributed by atoms with Gasteiger partial charge in [-0.2, -0.15) is 0 Å². The molecule has 8 heteroatoms. The van der Waals surface area contributed by atoms with Crippen LogP contribution in [-0.4, -0.2) is 38.0 Å². The summed E-state index contributed by atoms with van der Waals surface area (Å²) in [7, 11) is 0. The first-order valence-corrected chi connectivity index (χ1v) is 11.2. The number of carbonyl (C=O) groups excluding carboxylic acids is 1. The predicted octanol–water partition coefficient (Wildman–Crippen LogP) is 3.45. The topological polar surface area (TPSA) is 90.7 Å². The van der Waals surface area contributed by atoms with Crippen molar-refractivity contribution in [3.05, 3.63) is 75.2 Å². The number of hydrogen-bond acceptors (Lipinski definition) is 4. The first-order valence-electron chi connectivity index (χ1n) is 11.2. The zero-order valence-corrected chi connectivity index (χ0v) is 18.1. The van der Waals surface area contributed by atoms with Gasteiger partial charge in [0.2, 0.25) is 0 Å². The van der Waals surface area contributed by atoms with E-state index in [1.807, 2.05) is 17.4 Å². The molecule has 2 aliphatic rings. The van der Waals surface area contributed by atoms with Crippen molar-refractivity contribution < 1.29 is 14.3 Å². The lowest BCUT2D eigenvalue weighted by atomic mass is 10.0. The SMILES string of the molecule is Cc1cc2c(cc1C(=O)N1CCc3cc(F)ccc31)[nH]c(=O)c1cnc([C@H]3CCC[C@@H]3O)n12. The summed E-state index contributed by atoms with van der Waals surface area (Å²) in [6.07, 6.45) is 4.13. The van der Waals surface area contributed by atoms with E-state index in [9.17, 15) is 19.1 Å². The van der Waals surface area contributed by atoms with E-state index >= 15 is 0 Å². The van der Waals surface area contributed by atoms with E-state index in [0.29, 0.717) is 35.4 Å². The van der Waals surface area contributed by atoms with Gasteiger partial charge in [0.15, 0.2) is 0 Å². The van der Waals surface area contributed by atoms with Gasteiger partial charge in [-0.05, 0) is 67.6 Å². The van der Waals surface area contributed by atoms with Crippen LogP contribution in [0.3, 0.4) is 0 Å². The number of hydrogen-bond donors (Lipinski definition) is 2. The third-order valence-corrected chi connectivity index (χ3v) is 7.08. The molecule has 168 valence electrons. The number of amides is 1. The summed E-state index contributed by atoms with van der Waals surface area (Å²) in [4.78, 5) is 35.3. The van der Waals surface area contributed by atoms with Gasteiger partial charge in [-0.25, -0.2) is 9.37 Å². The summed E-state index contributed by atoms with van der Waals surface area (Å²) in [6, 6.07) is 8.08. The van der Waals surface area contributed by atoms with Gasteiger partial charge in [0, 0.05) is 23.7 Å². The Morgan fingerprint density at radius 2 is 2.06 bits per heavy atom. The lowest BCUT2D eigenvalue weighted by Gasteiger charge is -2.20. The molecule has 2 aromatic carbocycles. The Morgan fingerprint density at radius 1 is 1.21 bits per heavy atom. The average Bonchev–Trinajstić information content (AvgIpc) is 3.51. The van der Waals surface area contributed by atoms with Crippen LogP contribution in [0.25, 0.3) is 16.6 Å². The van der Waals surface area contributed by atoms with Gasteiger partial charge in [0.25, 0.3) is 11.5 Å². The van der Waals surface area contributed by atoms with Gasteiger partial charge >= 0.3 is 0 Å². The van der Waals surface area contributed by atoms with Crippen molar-refractivity contribution in [2.45, 2.75) is 44.6 Å². The molecule has 3 heterocycles. The first-order chi connectivity index (χ1) is 15.9. The number of aliphatic hydroxyl groups excluding tert-OH is 1. The molecule has 1 fully saturated rings. The Balaban J connectivity index is 1.49. The summed E-state index contributed by atoms with van der Waals surface area (Å²) < 4.78 is 15.4. The molecule has 0 saturated heterocycles. The summed E-state index contributed by atoms with van der Waals surface area (Å²) in [5.41, 5.74) is 4.19. The van der Waals surface area contributed by atoms with Crippen LogP contribution in [0.15, 0.2) is 41.3 Å². The van der Waals surface area contributed by atoms with E-state index in [1.165, 1.54) is 12.1 Å². The Labute approximate surface area is 188 Å². The minimum atomic E-state index is -0.480. The third-order valence-electron chi connectivity index (χ3n) is 7.08. The second kappa shape index (κ2) is 7.25. The molecule has 7 nitrogen and oxygen atoms in total. The van der Waals surface area contributed by atoms with Crippen molar-refractivity contribution in [3.8, 4) is 0 Å².